The first-order valence-electron chi connectivity index (χ1n) is 5.83. The summed E-state index contributed by atoms with van der Waals surface area (Å²) in [6.45, 7) is 2.13. The van der Waals surface area contributed by atoms with Crippen LogP contribution in [0.4, 0.5) is 5.69 Å². The van der Waals surface area contributed by atoms with Crippen molar-refractivity contribution in [1.29, 1.82) is 0 Å². The molecular weight excluding hydrogens is 234 g/mol. The number of carbonyl (C=O) groups excluding carboxylic acids is 1. The van der Waals surface area contributed by atoms with Gasteiger partial charge in [0, 0.05) is 12.2 Å². The van der Waals surface area contributed by atoms with Gasteiger partial charge in [-0.15, -0.1) is 0 Å². The van der Waals surface area contributed by atoms with Gasteiger partial charge in [0.25, 0.3) is 0 Å². The van der Waals surface area contributed by atoms with Crippen LogP contribution < -0.4 is 4.90 Å². The lowest BCUT2D eigenvalue weighted by atomic mass is 10.1. The molecule has 0 saturated carbocycles. The van der Waals surface area contributed by atoms with Gasteiger partial charge in [-0.25, -0.2) is 4.79 Å². The zero-order valence-electron chi connectivity index (χ0n) is 10.1. The number of carbonyl (C=O) groups is 2. The molecule has 0 fully saturated rings. The lowest BCUT2D eigenvalue weighted by Crippen LogP contribution is -2.29. The number of aliphatic hydroxyl groups is 1. The van der Waals surface area contributed by atoms with Crippen molar-refractivity contribution < 1.29 is 19.8 Å². The molecule has 0 spiro atoms. The Morgan fingerprint density at radius 1 is 1.50 bits per heavy atom. The highest BCUT2D eigenvalue weighted by molar-refractivity contribution is 6.02. The van der Waals surface area contributed by atoms with Crippen molar-refractivity contribution in [3.05, 3.63) is 29.3 Å². The fourth-order valence-corrected chi connectivity index (χ4v) is 2.08. The molecule has 1 amide bonds. The highest BCUT2D eigenvalue weighted by Gasteiger charge is 2.27. The van der Waals surface area contributed by atoms with Gasteiger partial charge in [-0.1, -0.05) is 0 Å². The number of carboxylic acid groups (broad SMARTS) is 1. The standard InChI is InChI=1S/C13H15NO4/c1-8(15)4-5-14-11-3-2-9(13(17)18)6-10(11)7-12(14)16/h2-3,6,8,15H,4-5,7H2,1H3,(H,17,18). The molecule has 1 heterocycles. The molecular formula is C13H15NO4. The average Bonchev–Trinajstić information content (AvgIpc) is 2.60. The minimum atomic E-state index is -0.993. The molecule has 0 radical (unpaired) electrons. The Balaban J connectivity index is 2.24. The number of carboxylic acids is 1. The van der Waals surface area contributed by atoms with E-state index in [4.69, 9.17) is 5.11 Å². The van der Waals surface area contributed by atoms with Crippen LogP contribution in [0, 0.1) is 0 Å². The molecule has 0 saturated heterocycles. The third-order valence-electron chi connectivity index (χ3n) is 3.03. The molecule has 0 aliphatic carbocycles. The number of fused-ring (bicyclic) bond motifs is 1. The summed E-state index contributed by atoms with van der Waals surface area (Å²) in [6.07, 6.45) is 0.280. The SMILES string of the molecule is CC(O)CCN1C(=O)Cc2cc(C(=O)O)ccc21. The zero-order valence-corrected chi connectivity index (χ0v) is 10.1. The van der Waals surface area contributed by atoms with E-state index in [1.54, 1.807) is 17.9 Å². The second-order valence-corrected chi connectivity index (χ2v) is 4.51. The van der Waals surface area contributed by atoms with Gasteiger partial charge in [-0.05, 0) is 37.1 Å². The van der Waals surface area contributed by atoms with Crippen LogP contribution in [0.3, 0.4) is 0 Å². The van der Waals surface area contributed by atoms with Crippen LogP contribution in [0.2, 0.25) is 0 Å². The average molecular weight is 249 g/mol. The number of aliphatic hydroxyl groups excluding tert-OH is 1. The van der Waals surface area contributed by atoms with Gasteiger partial charge in [-0.3, -0.25) is 4.79 Å². The molecule has 1 aliphatic rings. The number of benzene rings is 1. The lowest BCUT2D eigenvalue weighted by molar-refractivity contribution is -0.117. The van der Waals surface area contributed by atoms with E-state index in [9.17, 15) is 14.7 Å². The van der Waals surface area contributed by atoms with Gasteiger partial charge < -0.3 is 15.1 Å². The van der Waals surface area contributed by atoms with Gasteiger partial charge in [-0.2, -0.15) is 0 Å². The van der Waals surface area contributed by atoms with Crippen molar-refractivity contribution in [3.63, 3.8) is 0 Å². The molecule has 2 N–H and O–H groups in total. The number of rotatable bonds is 4. The maximum absolute atomic E-state index is 11.8. The van der Waals surface area contributed by atoms with Crippen LogP contribution in [-0.4, -0.2) is 34.7 Å². The predicted molar refractivity (Wildman–Crippen MR) is 65.8 cm³/mol. The Bertz CT molecular complexity index is 496. The first-order chi connectivity index (χ1) is 8.49. The number of anilines is 1. The summed E-state index contributed by atoms with van der Waals surface area (Å²) >= 11 is 0. The highest BCUT2D eigenvalue weighted by atomic mass is 16.4. The summed E-state index contributed by atoms with van der Waals surface area (Å²) in [4.78, 5) is 24.3. The maximum Gasteiger partial charge on any atom is 0.335 e. The van der Waals surface area contributed by atoms with E-state index >= 15 is 0 Å². The van der Waals surface area contributed by atoms with Crippen molar-refractivity contribution in [3.8, 4) is 0 Å². The van der Waals surface area contributed by atoms with E-state index in [0.29, 0.717) is 13.0 Å². The fraction of sp³-hybridized carbons (Fsp3) is 0.385. The van der Waals surface area contributed by atoms with Crippen molar-refractivity contribution >= 4 is 17.6 Å². The fourth-order valence-electron chi connectivity index (χ4n) is 2.08. The summed E-state index contributed by atoms with van der Waals surface area (Å²) in [6, 6.07) is 4.69. The van der Waals surface area contributed by atoms with E-state index in [2.05, 4.69) is 0 Å². The summed E-state index contributed by atoms with van der Waals surface area (Å²) < 4.78 is 0. The summed E-state index contributed by atoms with van der Waals surface area (Å²) in [7, 11) is 0. The van der Waals surface area contributed by atoms with E-state index in [1.165, 1.54) is 12.1 Å². The summed E-state index contributed by atoms with van der Waals surface area (Å²) in [5.41, 5.74) is 1.69. The van der Waals surface area contributed by atoms with Gasteiger partial charge in [0.05, 0.1) is 18.1 Å². The van der Waals surface area contributed by atoms with Crippen molar-refractivity contribution in [1.82, 2.24) is 0 Å². The summed E-state index contributed by atoms with van der Waals surface area (Å²) in [5, 5.41) is 18.1. The first-order valence-corrected chi connectivity index (χ1v) is 5.83. The van der Waals surface area contributed by atoms with Gasteiger partial charge in [0.15, 0.2) is 0 Å². The second-order valence-electron chi connectivity index (χ2n) is 4.51. The Morgan fingerprint density at radius 2 is 2.22 bits per heavy atom. The molecule has 2 rings (SSSR count). The van der Waals surface area contributed by atoms with Crippen molar-refractivity contribution in [2.45, 2.75) is 25.9 Å². The zero-order chi connectivity index (χ0) is 13.3. The molecule has 0 aromatic heterocycles. The molecule has 0 bridgehead atoms. The van der Waals surface area contributed by atoms with Crippen LogP contribution in [0.1, 0.15) is 29.3 Å². The predicted octanol–water partition coefficient (Wildman–Crippen LogP) is 1.04. The first kappa shape index (κ1) is 12.6. The Labute approximate surface area is 105 Å². The molecule has 1 aromatic carbocycles. The van der Waals surface area contributed by atoms with E-state index < -0.39 is 12.1 Å². The Hall–Kier alpha value is -1.88. The number of amides is 1. The van der Waals surface area contributed by atoms with Crippen LogP contribution >= 0.6 is 0 Å². The lowest BCUT2D eigenvalue weighted by Gasteiger charge is -2.18. The molecule has 5 nitrogen and oxygen atoms in total. The minimum Gasteiger partial charge on any atom is -0.478 e. The maximum atomic E-state index is 11.8. The third kappa shape index (κ3) is 2.36. The molecule has 1 aliphatic heterocycles. The molecule has 5 heteroatoms. The van der Waals surface area contributed by atoms with Crippen LogP contribution in [0.15, 0.2) is 18.2 Å². The van der Waals surface area contributed by atoms with Gasteiger partial charge in [0.2, 0.25) is 5.91 Å². The topological polar surface area (TPSA) is 77.8 Å². The quantitative estimate of drug-likeness (QED) is 0.836. The van der Waals surface area contributed by atoms with Crippen LogP contribution in [0.5, 0.6) is 0 Å². The molecule has 1 aromatic rings. The molecule has 1 atom stereocenters. The minimum absolute atomic E-state index is 0.0480. The third-order valence-corrected chi connectivity index (χ3v) is 3.03. The Morgan fingerprint density at radius 3 is 2.83 bits per heavy atom. The number of hydrogen-bond acceptors (Lipinski definition) is 3. The smallest absolute Gasteiger partial charge is 0.335 e. The molecule has 96 valence electrons. The molecule has 18 heavy (non-hydrogen) atoms. The van der Waals surface area contributed by atoms with E-state index in [-0.39, 0.29) is 17.9 Å². The monoisotopic (exact) mass is 249 g/mol. The summed E-state index contributed by atoms with van der Waals surface area (Å²) in [5.74, 6) is -1.04. The number of nitrogens with zero attached hydrogens (tertiary/aromatic N) is 1. The van der Waals surface area contributed by atoms with Gasteiger partial charge >= 0.3 is 5.97 Å². The normalized spacial score (nSPS) is 15.7. The van der Waals surface area contributed by atoms with Crippen molar-refractivity contribution in [2.24, 2.45) is 0 Å². The Kier molecular flexibility index (Phi) is 3.34. The second kappa shape index (κ2) is 4.78. The van der Waals surface area contributed by atoms with Crippen molar-refractivity contribution in [2.75, 3.05) is 11.4 Å². The number of aromatic carboxylic acids is 1. The van der Waals surface area contributed by atoms with Crippen LogP contribution in [0.25, 0.3) is 0 Å². The van der Waals surface area contributed by atoms with E-state index in [1.807, 2.05) is 0 Å². The van der Waals surface area contributed by atoms with Crippen LogP contribution in [-0.2, 0) is 11.2 Å². The van der Waals surface area contributed by atoms with Gasteiger partial charge in [0.1, 0.15) is 0 Å². The largest absolute Gasteiger partial charge is 0.478 e. The molecule has 1 unspecified atom stereocenters. The number of hydrogen-bond donors (Lipinski definition) is 2. The van der Waals surface area contributed by atoms with E-state index in [0.717, 1.165) is 11.3 Å². The highest BCUT2D eigenvalue weighted by Crippen LogP contribution is 2.29.